The van der Waals surface area contributed by atoms with E-state index in [0.717, 1.165) is 23.5 Å². The first-order chi connectivity index (χ1) is 7.58. The fourth-order valence-electron chi connectivity index (χ4n) is 1.40. The van der Waals surface area contributed by atoms with E-state index in [1.165, 1.54) is 5.56 Å². The highest BCUT2D eigenvalue weighted by molar-refractivity contribution is 9.13. The fraction of sp³-hybridized carbons (Fsp3) is 0. The molecule has 2 rings (SSSR count). The van der Waals surface area contributed by atoms with Gasteiger partial charge in [-0.25, -0.2) is 0 Å². The van der Waals surface area contributed by atoms with E-state index in [1.54, 1.807) is 0 Å². The maximum Gasteiger partial charge on any atom is 0.0396 e. The van der Waals surface area contributed by atoms with E-state index in [0.29, 0.717) is 0 Å². The first-order valence-electron chi connectivity index (χ1n) is 4.48. The Labute approximate surface area is 128 Å². The van der Waals surface area contributed by atoms with Crippen molar-refractivity contribution in [3.8, 4) is 11.1 Å². The van der Waals surface area contributed by atoms with E-state index < -0.39 is 0 Å². The Morgan fingerprint density at radius 2 is 1.31 bits per heavy atom. The molecule has 0 nitrogen and oxygen atoms in total. The van der Waals surface area contributed by atoms with Crippen molar-refractivity contribution in [2.75, 3.05) is 0 Å². The number of halogens is 4. The monoisotopic (exact) mass is 466 g/mol. The Hall–Kier alpha value is 0.360. The summed E-state index contributed by atoms with van der Waals surface area (Å²) in [6.07, 6.45) is 0. The summed E-state index contributed by atoms with van der Waals surface area (Å²) in [6.45, 7) is 0. The van der Waals surface area contributed by atoms with Gasteiger partial charge in [-0.1, -0.05) is 44.0 Å². The van der Waals surface area contributed by atoms with Crippen molar-refractivity contribution in [3.05, 3.63) is 54.3 Å². The molecule has 0 aromatic heterocycles. The molecular weight excluding hydrogens is 464 g/mol. The van der Waals surface area contributed by atoms with E-state index in [9.17, 15) is 0 Å². The van der Waals surface area contributed by atoms with Crippen molar-refractivity contribution in [2.45, 2.75) is 0 Å². The Morgan fingerprint density at radius 1 is 0.688 bits per heavy atom. The average molecular weight is 470 g/mol. The zero-order valence-electron chi connectivity index (χ0n) is 7.98. The second-order valence-electron chi connectivity index (χ2n) is 3.26. The molecule has 82 valence electrons. The van der Waals surface area contributed by atoms with Gasteiger partial charge in [0.05, 0.1) is 0 Å². The van der Waals surface area contributed by atoms with E-state index in [4.69, 9.17) is 0 Å². The molecule has 0 radical (unpaired) electrons. The van der Waals surface area contributed by atoms with Crippen molar-refractivity contribution in [2.24, 2.45) is 0 Å². The Morgan fingerprint density at radius 3 is 1.94 bits per heavy atom. The average Bonchev–Trinajstić information content (AvgIpc) is 2.25. The van der Waals surface area contributed by atoms with Crippen molar-refractivity contribution < 1.29 is 0 Å². The van der Waals surface area contributed by atoms with Crippen LogP contribution in [0.2, 0.25) is 0 Å². The third kappa shape index (κ3) is 2.78. The molecular formula is C12H6Br4. The summed E-state index contributed by atoms with van der Waals surface area (Å²) in [5.74, 6) is 0. The second-order valence-corrected chi connectivity index (χ2v) is 6.73. The molecule has 0 aliphatic heterocycles. The summed E-state index contributed by atoms with van der Waals surface area (Å²) in [4.78, 5) is 0. The van der Waals surface area contributed by atoms with Crippen molar-refractivity contribution in [3.63, 3.8) is 0 Å². The molecule has 0 bridgehead atoms. The molecule has 0 spiro atoms. The molecule has 0 atom stereocenters. The lowest BCUT2D eigenvalue weighted by atomic mass is 10.1. The predicted octanol–water partition coefficient (Wildman–Crippen LogP) is 6.40. The van der Waals surface area contributed by atoms with Gasteiger partial charge in [-0.05, 0) is 67.3 Å². The molecule has 0 fully saturated rings. The van der Waals surface area contributed by atoms with Crippen molar-refractivity contribution >= 4 is 63.7 Å². The number of benzene rings is 2. The van der Waals surface area contributed by atoms with Gasteiger partial charge >= 0.3 is 0 Å². The van der Waals surface area contributed by atoms with E-state index >= 15 is 0 Å². The van der Waals surface area contributed by atoms with E-state index in [2.05, 4.69) is 81.9 Å². The van der Waals surface area contributed by atoms with Gasteiger partial charge in [0.1, 0.15) is 0 Å². The maximum absolute atomic E-state index is 3.59. The number of hydrogen-bond donors (Lipinski definition) is 0. The van der Waals surface area contributed by atoms with Gasteiger partial charge in [-0.2, -0.15) is 0 Å². The lowest BCUT2D eigenvalue weighted by Crippen LogP contribution is -1.82. The normalized spacial score (nSPS) is 10.5. The molecule has 0 unspecified atom stereocenters. The van der Waals surface area contributed by atoms with Crippen LogP contribution in [0, 0.1) is 0 Å². The zero-order valence-corrected chi connectivity index (χ0v) is 14.3. The molecule has 0 aliphatic rings. The first kappa shape index (κ1) is 12.8. The SMILES string of the molecule is Brc1ccc(-c2cc(Br)cc(Br)c2Br)cc1. The molecule has 16 heavy (non-hydrogen) atoms. The number of rotatable bonds is 1. The minimum absolute atomic E-state index is 1.04. The molecule has 0 heterocycles. The largest absolute Gasteiger partial charge is 0.0532 e. The summed E-state index contributed by atoms with van der Waals surface area (Å²) in [5.41, 5.74) is 2.34. The van der Waals surface area contributed by atoms with Crippen molar-refractivity contribution in [1.29, 1.82) is 0 Å². The van der Waals surface area contributed by atoms with E-state index in [-0.39, 0.29) is 0 Å². The van der Waals surface area contributed by atoms with Crippen LogP contribution in [0.15, 0.2) is 54.3 Å². The van der Waals surface area contributed by atoms with Crippen LogP contribution in [0.4, 0.5) is 0 Å². The fourth-order valence-corrected chi connectivity index (χ4v) is 3.34. The molecule has 0 amide bonds. The summed E-state index contributed by atoms with van der Waals surface area (Å²) in [5, 5.41) is 0. The first-order valence-corrected chi connectivity index (χ1v) is 7.65. The quantitative estimate of drug-likeness (QED) is 0.424. The van der Waals surface area contributed by atoms with Crippen LogP contribution in [-0.2, 0) is 0 Å². The molecule has 0 aliphatic carbocycles. The van der Waals surface area contributed by atoms with Crippen LogP contribution in [0.25, 0.3) is 11.1 Å². The molecule has 0 saturated carbocycles. The van der Waals surface area contributed by atoms with Crippen LogP contribution in [0.1, 0.15) is 0 Å². The second kappa shape index (κ2) is 5.34. The topological polar surface area (TPSA) is 0 Å². The summed E-state index contributed by atoms with van der Waals surface area (Å²) >= 11 is 14.0. The summed E-state index contributed by atoms with van der Waals surface area (Å²) in [7, 11) is 0. The third-order valence-electron chi connectivity index (χ3n) is 2.15. The highest BCUT2D eigenvalue weighted by Crippen LogP contribution is 2.37. The molecule has 4 heteroatoms. The smallest absolute Gasteiger partial charge is 0.0396 e. The standard InChI is InChI=1S/C12H6Br4/c13-8-3-1-7(2-4-8)10-5-9(14)6-11(15)12(10)16/h1-6H. The minimum Gasteiger partial charge on any atom is -0.0532 e. The van der Waals surface area contributed by atoms with Gasteiger partial charge < -0.3 is 0 Å². The molecule has 0 saturated heterocycles. The summed E-state index contributed by atoms with van der Waals surface area (Å²) in [6, 6.07) is 12.4. The predicted molar refractivity (Wildman–Crippen MR) is 82.7 cm³/mol. The van der Waals surface area contributed by atoms with Crippen LogP contribution >= 0.6 is 63.7 Å². The Balaban J connectivity index is 2.59. The highest BCUT2D eigenvalue weighted by atomic mass is 79.9. The van der Waals surface area contributed by atoms with E-state index in [1.807, 2.05) is 18.2 Å². The van der Waals surface area contributed by atoms with Gasteiger partial charge in [-0.3, -0.25) is 0 Å². The highest BCUT2D eigenvalue weighted by Gasteiger charge is 2.07. The molecule has 2 aromatic carbocycles. The van der Waals surface area contributed by atoms with Crippen molar-refractivity contribution in [1.82, 2.24) is 0 Å². The minimum atomic E-state index is 1.04. The van der Waals surface area contributed by atoms with Gasteiger partial charge in [0.15, 0.2) is 0 Å². The summed E-state index contributed by atoms with van der Waals surface area (Å²) < 4.78 is 4.25. The lowest BCUT2D eigenvalue weighted by molar-refractivity contribution is 1.51. The van der Waals surface area contributed by atoms with Crippen LogP contribution < -0.4 is 0 Å². The Bertz CT molecular complexity index is 517. The van der Waals surface area contributed by atoms with Crippen LogP contribution in [0.3, 0.4) is 0 Å². The molecule has 2 aromatic rings. The van der Waals surface area contributed by atoms with Gasteiger partial charge in [0.25, 0.3) is 0 Å². The zero-order chi connectivity index (χ0) is 11.7. The number of hydrogen-bond acceptors (Lipinski definition) is 0. The van der Waals surface area contributed by atoms with Crippen LogP contribution in [-0.4, -0.2) is 0 Å². The van der Waals surface area contributed by atoms with Gasteiger partial charge in [-0.15, -0.1) is 0 Å². The maximum atomic E-state index is 3.59. The lowest BCUT2D eigenvalue weighted by Gasteiger charge is -2.08. The van der Waals surface area contributed by atoms with Gasteiger partial charge in [0, 0.05) is 17.9 Å². The van der Waals surface area contributed by atoms with Crippen LogP contribution in [0.5, 0.6) is 0 Å². The Kier molecular flexibility index (Phi) is 4.27. The molecule has 0 N–H and O–H groups in total. The third-order valence-corrected chi connectivity index (χ3v) is 5.15. The van der Waals surface area contributed by atoms with Gasteiger partial charge in [0.2, 0.25) is 0 Å².